The van der Waals surface area contributed by atoms with Gasteiger partial charge in [-0.3, -0.25) is 9.59 Å². The Hall–Kier alpha value is -4.76. The van der Waals surface area contributed by atoms with Crippen LogP contribution in [-0.2, 0) is 28.6 Å². The summed E-state index contributed by atoms with van der Waals surface area (Å²) >= 11 is 0. The first-order chi connectivity index (χ1) is 29.8. The number of phenols is 1. The average molecular weight is 888 g/mol. The summed E-state index contributed by atoms with van der Waals surface area (Å²) in [6, 6.07) is 1.78. The van der Waals surface area contributed by atoms with Crippen LogP contribution in [0.5, 0.6) is 11.5 Å². The van der Waals surface area contributed by atoms with Crippen molar-refractivity contribution in [1.82, 2.24) is 5.32 Å². The maximum absolute atomic E-state index is 15.2. The van der Waals surface area contributed by atoms with Crippen molar-refractivity contribution in [3.8, 4) is 11.5 Å². The summed E-state index contributed by atoms with van der Waals surface area (Å²) in [6.45, 7) is 18.0. The molecular weight excluding hydrogens is 823 g/mol. The molecule has 1 aromatic rings. The van der Waals surface area contributed by atoms with Gasteiger partial charge in [0, 0.05) is 35.3 Å². The van der Waals surface area contributed by atoms with Crippen LogP contribution in [-0.4, -0.2) is 98.1 Å². The van der Waals surface area contributed by atoms with Gasteiger partial charge in [-0.25, -0.2) is 9.59 Å². The molecule has 0 unspecified atom stereocenters. The number of ether oxygens (including phenoxy) is 4. The number of aromatic hydroxyl groups is 1. The Morgan fingerprint density at radius 2 is 1.66 bits per heavy atom. The van der Waals surface area contributed by atoms with Gasteiger partial charge in [0.15, 0.2) is 11.9 Å². The highest BCUT2D eigenvalue weighted by Crippen LogP contribution is 2.62. The normalized spacial score (nSPS) is 41.7. The van der Waals surface area contributed by atoms with E-state index in [-0.39, 0.29) is 35.0 Å². The van der Waals surface area contributed by atoms with E-state index in [2.05, 4.69) is 24.4 Å². The zero-order valence-electron chi connectivity index (χ0n) is 38.8. The topological polar surface area (TPSA) is 218 Å². The van der Waals surface area contributed by atoms with E-state index in [4.69, 9.17) is 18.9 Å². The third kappa shape index (κ3) is 7.32. The quantitative estimate of drug-likeness (QED) is 0.0995. The van der Waals surface area contributed by atoms with E-state index in [0.29, 0.717) is 37.0 Å². The highest BCUT2D eigenvalue weighted by molar-refractivity contribution is 6.26. The third-order valence-electron chi connectivity index (χ3n) is 15.7. The lowest BCUT2D eigenvalue weighted by atomic mass is 9.49. The Bertz CT molecular complexity index is 2280. The number of benzene rings is 1. The van der Waals surface area contributed by atoms with Gasteiger partial charge >= 0.3 is 11.9 Å². The fraction of sp³-hybridized carbons (Fsp3) is 0.600. The lowest BCUT2D eigenvalue weighted by molar-refractivity contribution is -0.315. The van der Waals surface area contributed by atoms with Crippen LogP contribution < -0.4 is 10.1 Å². The zero-order valence-corrected chi connectivity index (χ0v) is 38.8. The van der Waals surface area contributed by atoms with E-state index in [1.165, 1.54) is 20.1 Å². The van der Waals surface area contributed by atoms with Gasteiger partial charge in [0.25, 0.3) is 5.91 Å². The minimum absolute atomic E-state index is 0.0168. The minimum atomic E-state index is -1.97. The van der Waals surface area contributed by atoms with Crippen molar-refractivity contribution in [3.05, 3.63) is 81.2 Å². The molecule has 0 radical (unpaired) electrons. The number of carbonyl (C=O) groups is 4. The van der Waals surface area contributed by atoms with Gasteiger partial charge in [-0.1, -0.05) is 61.8 Å². The summed E-state index contributed by atoms with van der Waals surface area (Å²) in [5.41, 5.74) is -3.52. The maximum atomic E-state index is 15.2. The Balaban J connectivity index is 1.26. The molecule has 64 heavy (non-hydrogen) atoms. The molecule has 6 aliphatic rings. The number of hydrogen-bond donors (Lipinski definition) is 6. The summed E-state index contributed by atoms with van der Waals surface area (Å²) in [5, 5.41) is 60.3. The number of phenolic OH excluding ortho intramolecular Hbond substituents is 1. The second-order valence-electron chi connectivity index (χ2n) is 20.2. The van der Waals surface area contributed by atoms with Crippen molar-refractivity contribution in [2.24, 2.45) is 40.4 Å². The number of aliphatic hydroxyl groups excluding tert-OH is 2. The van der Waals surface area contributed by atoms with Crippen LogP contribution in [0, 0.1) is 47.3 Å². The third-order valence-corrected chi connectivity index (χ3v) is 15.7. The monoisotopic (exact) mass is 887 g/mol. The van der Waals surface area contributed by atoms with E-state index >= 15 is 4.79 Å². The molecule has 7 rings (SSSR count). The van der Waals surface area contributed by atoms with Crippen molar-refractivity contribution >= 4 is 23.6 Å². The largest absolute Gasteiger partial charge is 0.511 e. The van der Waals surface area contributed by atoms with E-state index in [9.17, 15) is 39.9 Å². The molecule has 3 fully saturated rings. The second kappa shape index (κ2) is 16.6. The molecule has 2 saturated heterocycles. The van der Waals surface area contributed by atoms with Gasteiger partial charge in [0.05, 0.1) is 36.3 Å². The highest BCUT2D eigenvalue weighted by atomic mass is 16.7. The van der Waals surface area contributed by atoms with Gasteiger partial charge in [0.1, 0.15) is 34.5 Å². The lowest BCUT2D eigenvalue weighted by Crippen LogP contribution is -2.70. The number of allylic oxidation sites excluding steroid dienone is 5. The number of aliphatic carboxylic acids is 1. The molecule has 1 amide bonds. The van der Waals surface area contributed by atoms with Crippen LogP contribution >= 0.6 is 0 Å². The number of esters is 1. The number of amides is 1. The standard InChI is InChI=1S/C50H65NO13/c1-23-13-12-14-24(2)37-27(5)18-31-34(63-46-42(55)49(10,60)39(29(7)62-46)51-43(56)35-26(4)17-30(61-11)19-33(35)52)16-15-25(3)38(31)48(37,9)40(53)36-41(54)50(64-45(36)59)21-28(6)32(44(57)58)22-47(50,8)20-23/h14,17-20,22,25,28-29,31,34,37-39,42,46,52-53,55,60H,12-13,15-16,21H2,1-11H3,(H,51,56)(H,57,58)/b23-20-,24-14-,40-36?/t25-,28+,29-,31+,34+,37-,38+,39+,42+,46+,47+,48+,49+,50-/m0/s1. The Morgan fingerprint density at radius 3 is 2.30 bits per heavy atom. The van der Waals surface area contributed by atoms with E-state index in [0.717, 1.165) is 16.7 Å². The number of rotatable bonds is 6. The Morgan fingerprint density at radius 1 is 0.969 bits per heavy atom. The summed E-state index contributed by atoms with van der Waals surface area (Å²) in [5.74, 6) is -5.78. The first-order valence-corrected chi connectivity index (χ1v) is 22.5. The van der Waals surface area contributed by atoms with Crippen LogP contribution in [0.2, 0.25) is 0 Å². The summed E-state index contributed by atoms with van der Waals surface area (Å²) in [7, 11) is 1.44. The van der Waals surface area contributed by atoms with Gasteiger partial charge < -0.3 is 49.8 Å². The molecule has 1 aromatic carbocycles. The van der Waals surface area contributed by atoms with Crippen molar-refractivity contribution in [3.63, 3.8) is 0 Å². The first-order valence-electron chi connectivity index (χ1n) is 22.5. The zero-order chi connectivity index (χ0) is 47.2. The second-order valence-corrected chi connectivity index (χ2v) is 20.2. The number of fused-ring (bicyclic) bond motifs is 4. The number of carboxylic acids is 1. The fourth-order valence-corrected chi connectivity index (χ4v) is 12.7. The number of carbonyl (C=O) groups excluding carboxylic acids is 3. The summed E-state index contributed by atoms with van der Waals surface area (Å²) < 4.78 is 24.4. The maximum Gasteiger partial charge on any atom is 0.346 e. The fourth-order valence-electron chi connectivity index (χ4n) is 12.7. The molecule has 1 saturated carbocycles. The van der Waals surface area contributed by atoms with Gasteiger partial charge in [0.2, 0.25) is 5.78 Å². The molecule has 0 aromatic heterocycles. The van der Waals surface area contributed by atoms with E-state index in [1.54, 1.807) is 39.8 Å². The molecular formula is C50H65NO13. The van der Waals surface area contributed by atoms with Crippen LogP contribution in [0.3, 0.4) is 0 Å². The lowest BCUT2D eigenvalue weighted by Gasteiger charge is -2.57. The number of hydrogen-bond acceptors (Lipinski definition) is 12. The minimum Gasteiger partial charge on any atom is -0.511 e. The molecule has 348 valence electrons. The Labute approximate surface area is 375 Å². The molecule has 6 N–H and O–H groups in total. The molecule has 2 heterocycles. The number of methoxy groups -OCH3 is 1. The molecule has 4 aliphatic carbocycles. The summed E-state index contributed by atoms with van der Waals surface area (Å²) in [6.07, 6.45) is 5.40. The number of carboxylic acid groups (broad SMARTS) is 1. The molecule has 1 spiro atoms. The van der Waals surface area contributed by atoms with Gasteiger partial charge in [-0.2, -0.15) is 0 Å². The first kappa shape index (κ1) is 47.2. The van der Waals surface area contributed by atoms with Crippen LogP contribution in [0.4, 0.5) is 0 Å². The van der Waals surface area contributed by atoms with Crippen molar-refractivity contribution < 1.29 is 63.7 Å². The predicted octanol–water partition coefficient (Wildman–Crippen LogP) is 6.71. The molecule has 14 heteroatoms. The number of Topliss-reactive ketones (excluding diaryl/α,β-unsaturated/α-hetero) is 1. The van der Waals surface area contributed by atoms with Crippen LogP contribution in [0.1, 0.15) is 110 Å². The van der Waals surface area contributed by atoms with Gasteiger partial charge in [-0.05, 0) is 104 Å². The summed E-state index contributed by atoms with van der Waals surface area (Å²) in [4.78, 5) is 55.6. The SMILES string of the molecule is COc1cc(C)c(C(=O)N[C@@H]2[C@H](C)O[C@H](O[C@@H]3CC[C@H](C)[C@@H]4[C@@H]3C=C(C)[C@@H]3/C(C)=C\CC/C(C)=C\[C@]5(C)C=C(C(=O)O)[C@H](C)C[C@@]56OC(=O)C(=C(O)[C@@]43C)C6=O)[C@@H](O)[C@]2(C)O)c(O)c1. The molecule has 2 aliphatic heterocycles. The van der Waals surface area contributed by atoms with E-state index in [1.807, 2.05) is 33.8 Å². The molecule has 2 bridgehead atoms. The van der Waals surface area contributed by atoms with Crippen LogP contribution in [0.15, 0.2) is 70.1 Å². The smallest absolute Gasteiger partial charge is 0.346 e. The molecule has 14 nitrogen and oxygen atoms in total. The highest BCUT2D eigenvalue weighted by Gasteiger charge is 2.67. The van der Waals surface area contributed by atoms with Crippen LogP contribution in [0.25, 0.3) is 0 Å². The van der Waals surface area contributed by atoms with E-state index < -0.39 is 106 Å². The number of ketones is 1. The number of nitrogens with one attached hydrogen (secondary N) is 1. The Kier molecular flexibility index (Phi) is 12.2. The molecule has 14 atom stereocenters. The van der Waals surface area contributed by atoms with Crippen molar-refractivity contribution in [2.75, 3.05) is 7.11 Å². The van der Waals surface area contributed by atoms with Crippen molar-refractivity contribution in [2.45, 2.75) is 143 Å². The number of aryl methyl sites for hydroxylation is 1. The number of aliphatic hydroxyl groups is 3. The van der Waals surface area contributed by atoms with Gasteiger partial charge in [-0.15, -0.1) is 0 Å². The van der Waals surface area contributed by atoms with Crippen molar-refractivity contribution in [1.29, 1.82) is 0 Å². The predicted molar refractivity (Wildman–Crippen MR) is 235 cm³/mol. The average Bonchev–Trinajstić information content (AvgIpc) is 3.45.